The minimum atomic E-state index is -0.0942. The summed E-state index contributed by atoms with van der Waals surface area (Å²) < 4.78 is 1.55. The van der Waals surface area contributed by atoms with Gasteiger partial charge in [0.15, 0.2) is 11.6 Å². The molecule has 0 aliphatic heterocycles. The summed E-state index contributed by atoms with van der Waals surface area (Å²) in [6, 6.07) is 10.8. The third-order valence-electron chi connectivity index (χ3n) is 3.56. The van der Waals surface area contributed by atoms with E-state index in [0.29, 0.717) is 24.0 Å². The van der Waals surface area contributed by atoms with Crippen molar-refractivity contribution in [3.05, 3.63) is 53.9 Å². The number of anilines is 2. The number of nitrogens with one attached hydrogen (secondary N) is 2. The smallest absolute Gasteiger partial charge is 0.221 e. The van der Waals surface area contributed by atoms with Crippen LogP contribution >= 0.6 is 11.3 Å². The Morgan fingerprint density at radius 3 is 2.88 bits per heavy atom. The van der Waals surface area contributed by atoms with Crippen LogP contribution in [0.4, 0.5) is 11.6 Å². The van der Waals surface area contributed by atoms with E-state index in [-0.39, 0.29) is 18.1 Å². The van der Waals surface area contributed by atoms with Gasteiger partial charge in [0.25, 0.3) is 0 Å². The van der Waals surface area contributed by atoms with Crippen LogP contribution < -0.4 is 10.6 Å². The van der Waals surface area contributed by atoms with Crippen molar-refractivity contribution in [2.24, 2.45) is 0 Å². The Kier molecular flexibility index (Phi) is 5.65. The van der Waals surface area contributed by atoms with Crippen molar-refractivity contribution in [1.82, 2.24) is 14.8 Å². The monoisotopic (exact) mass is 369 g/mol. The lowest BCUT2D eigenvalue weighted by molar-refractivity contribution is -0.115. The van der Waals surface area contributed by atoms with Crippen molar-refractivity contribution in [3.63, 3.8) is 0 Å². The predicted octanol–water partition coefficient (Wildman–Crippen LogP) is 2.99. The number of nitrogens with zero attached hydrogens (tertiary/aromatic N) is 3. The van der Waals surface area contributed by atoms with Gasteiger partial charge in [-0.05, 0) is 29.7 Å². The molecule has 2 aromatic heterocycles. The molecule has 3 aromatic rings. The van der Waals surface area contributed by atoms with E-state index in [1.807, 2.05) is 23.6 Å². The number of hydrogen-bond donors (Lipinski definition) is 3. The molecule has 7 nitrogen and oxygen atoms in total. The average molecular weight is 369 g/mol. The van der Waals surface area contributed by atoms with Crippen molar-refractivity contribution in [3.8, 4) is 16.5 Å². The summed E-state index contributed by atoms with van der Waals surface area (Å²) >= 11 is 1.55. The van der Waals surface area contributed by atoms with E-state index in [4.69, 9.17) is 0 Å². The van der Waals surface area contributed by atoms with E-state index >= 15 is 0 Å². The first-order valence-electron chi connectivity index (χ1n) is 8.05. The zero-order chi connectivity index (χ0) is 18.4. The van der Waals surface area contributed by atoms with Gasteiger partial charge in [-0.2, -0.15) is 4.98 Å². The molecule has 0 aliphatic rings. The van der Waals surface area contributed by atoms with Crippen molar-refractivity contribution >= 4 is 28.8 Å². The van der Waals surface area contributed by atoms with Crippen LogP contribution in [0, 0.1) is 0 Å². The number of phenols is 1. The van der Waals surface area contributed by atoms with E-state index in [0.717, 1.165) is 4.88 Å². The molecular weight excluding hydrogens is 350 g/mol. The summed E-state index contributed by atoms with van der Waals surface area (Å²) in [4.78, 5) is 17.5. The lowest BCUT2D eigenvalue weighted by atomic mass is 10.3. The molecule has 134 valence electrons. The first kappa shape index (κ1) is 17.7. The third kappa shape index (κ3) is 4.28. The molecule has 2 heterocycles. The number of aromatic hydroxyl groups is 1. The van der Waals surface area contributed by atoms with Crippen LogP contribution in [0.2, 0.25) is 0 Å². The number of benzene rings is 1. The Hall–Kier alpha value is -3.13. The highest BCUT2D eigenvalue weighted by Crippen LogP contribution is 2.23. The molecule has 0 fully saturated rings. The van der Waals surface area contributed by atoms with Crippen molar-refractivity contribution in [2.75, 3.05) is 24.2 Å². The minimum Gasteiger partial charge on any atom is -0.506 e. The van der Waals surface area contributed by atoms with Gasteiger partial charge in [-0.3, -0.25) is 4.79 Å². The number of carbonyl (C=O) groups excluding carboxylic acids is 1. The zero-order valence-electron chi connectivity index (χ0n) is 14.2. The largest absolute Gasteiger partial charge is 0.506 e. The van der Waals surface area contributed by atoms with Crippen LogP contribution in [0.15, 0.2) is 53.9 Å². The lowest BCUT2D eigenvalue weighted by Gasteiger charge is -2.05. The molecule has 0 saturated carbocycles. The maximum Gasteiger partial charge on any atom is 0.221 e. The summed E-state index contributed by atoms with van der Waals surface area (Å²) in [7, 11) is 1.75. The maximum atomic E-state index is 12.2. The molecule has 3 N–H and O–H groups in total. The Labute approximate surface area is 155 Å². The van der Waals surface area contributed by atoms with Gasteiger partial charge in [-0.1, -0.05) is 24.3 Å². The molecule has 0 radical (unpaired) electrons. The Bertz CT molecular complexity index is 902. The fourth-order valence-electron chi connectivity index (χ4n) is 2.33. The van der Waals surface area contributed by atoms with Crippen LogP contribution in [0.5, 0.6) is 5.75 Å². The van der Waals surface area contributed by atoms with Gasteiger partial charge >= 0.3 is 0 Å². The number of rotatable bonds is 8. The van der Waals surface area contributed by atoms with Crippen molar-refractivity contribution in [2.45, 2.75) is 6.54 Å². The number of allylic oxidation sites excluding steroid dienone is 1. The van der Waals surface area contributed by atoms with Gasteiger partial charge in [0.05, 0.1) is 10.6 Å². The third-order valence-corrected chi connectivity index (χ3v) is 4.43. The Balaban J connectivity index is 1.58. The standard InChI is InChI=1S/C18H19N5O2S/c1-19-18-21-17(16-9-5-11-26-16)22-23(18)12-13(24)6-4-10-20-14-7-2-3-8-15(14)25/h2-9,11,20,25H,10,12H2,1H3,(H,19,21,22)/b6-4+. The Morgan fingerprint density at radius 2 is 2.15 bits per heavy atom. The van der Waals surface area contributed by atoms with Crippen LogP contribution in [0.25, 0.3) is 10.7 Å². The normalized spacial score (nSPS) is 11.0. The highest BCUT2D eigenvalue weighted by molar-refractivity contribution is 7.13. The maximum absolute atomic E-state index is 12.2. The second-order valence-electron chi connectivity index (χ2n) is 5.41. The molecule has 26 heavy (non-hydrogen) atoms. The molecule has 0 unspecified atom stereocenters. The van der Waals surface area contributed by atoms with Gasteiger partial charge in [0.2, 0.25) is 5.95 Å². The molecule has 3 rings (SSSR count). The number of hydrogen-bond acceptors (Lipinski definition) is 7. The second kappa shape index (κ2) is 8.30. The first-order chi connectivity index (χ1) is 12.7. The number of ketones is 1. The van der Waals surface area contributed by atoms with E-state index in [1.165, 1.54) is 6.08 Å². The zero-order valence-corrected chi connectivity index (χ0v) is 15.0. The first-order valence-corrected chi connectivity index (χ1v) is 8.93. The highest BCUT2D eigenvalue weighted by Gasteiger charge is 2.12. The molecule has 0 bridgehead atoms. The summed E-state index contributed by atoms with van der Waals surface area (Å²) in [6.45, 7) is 0.529. The number of carbonyl (C=O) groups is 1. The van der Waals surface area contributed by atoms with Crippen LogP contribution in [0.3, 0.4) is 0 Å². The fraction of sp³-hybridized carbons (Fsp3) is 0.167. The van der Waals surface area contributed by atoms with Gasteiger partial charge in [0.1, 0.15) is 12.3 Å². The summed E-state index contributed by atoms with van der Waals surface area (Å²) in [5, 5.41) is 22.0. The quantitative estimate of drug-likeness (QED) is 0.418. The molecule has 0 saturated heterocycles. The lowest BCUT2D eigenvalue weighted by Crippen LogP contribution is -2.12. The van der Waals surface area contributed by atoms with Crippen LogP contribution in [-0.2, 0) is 11.3 Å². The molecule has 0 atom stereocenters. The average Bonchev–Trinajstić information content (AvgIpc) is 3.29. The molecule has 0 amide bonds. The highest BCUT2D eigenvalue weighted by atomic mass is 32.1. The van der Waals surface area contributed by atoms with E-state index in [9.17, 15) is 9.90 Å². The fourth-order valence-corrected chi connectivity index (χ4v) is 2.98. The number of aromatic nitrogens is 3. The Morgan fingerprint density at radius 1 is 1.31 bits per heavy atom. The predicted molar refractivity (Wildman–Crippen MR) is 104 cm³/mol. The molecular formula is C18H19N5O2S. The molecule has 0 aliphatic carbocycles. The van der Waals surface area contributed by atoms with E-state index < -0.39 is 0 Å². The van der Waals surface area contributed by atoms with Gasteiger partial charge < -0.3 is 15.7 Å². The van der Waals surface area contributed by atoms with Gasteiger partial charge in [0, 0.05) is 13.6 Å². The summed E-state index contributed by atoms with van der Waals surface area (Å²) in [5.41, 5.74) is 0.624. The topological polar surface area (TPSA) is 92.1 Å². The van der Waals surface area contributed by atoms with E-state index in [1.54, 1.807) is 47.3 Å². The summed E-state index contributed by atoms with van der Waals surface area (Å²) in [5.74, 6) is 1.22. The van der Waals surface area contributed by atoms with Crippen LogP contribution in [-0.4, -0.2) is 39.2 Å². The number of para-hydroxylation sites is 2. The second-order valence-corrected chi connectivity index (χ2v) is 6.36. The van der Waals surface area contributed by atoms with Crippen molar-refractivity contribution < 1.29 is 9.90 Å². The minimum absolute atomic E-state index is 0.0942. The summed E-state index contributed by atoms with van der Waals surface area (Å²) in [6.07, 6.45) is 3.21. The number of phenolic OH excluding ortho intramolecular Hbond substituents is 1. The van der Waals surface area contributed by atoms with Crippen LogP contribution in [0.1, 0.15) is 0 Å². The molecule has 1 aromatic carbocycles. The van der Waals surface area contributed by atoms with Gasteiger partial charge in [-0.25, -0.2) is 4.68 Å². The number of thiophene rings is 1. The van der Waals surface area contributed by atoms with E-state index in [2.05, 4.69) is 20.7 Å². The van der Waals surface area contributed by atoms with Gasteiger partial charge in [-0.15, -0.1) is 16.4 Å². The SMILES string of the molecule is CNc1nc(-c2cccs2)nn1CC(=O)/C=C/CNc1ccccc1O. The molecule has 0 spiro atoms. The molecule has 8 heteroatoms. The van der Waals surface area contributed by atoms with Crippen molar-refractivity contribution in [1.29, 1.82) is 0 Å².